The lowest BCUT2D eigenvalue weighted by Crippen LogP contribution is -2.44. The van der Waals surface area contributed by atoms with Crippen molar-refractivity contribution in [2.75, 3.05) is 18.0 Å². The fraction of sp³-hybridized carbons (Fsp3) is 0.227. The molecule has 2 atom stereocenters. The summed E-state index contributed by atoms with van der Waals surface area (Å²) >= 11 is 0. The molecule has 8 heteroatoms. The van der Waals surface area contributed by atoms with E-state index in [0.29, 0.717) is 30.1 Å². The SMILES string of the molecule is C[C@@H]1CN(c2nc3c(cnn3-c3ccccc3)c(=O)[nH]2)C[C@H](c2ccc(F)cc2)O1. The molecule has 7 nitrogen and oxygen atoms in total. The zero-order valence-electron chi connectivity index (χ0n) is 16.3. The molecule has 2 aromatic carbocycles. The summed E-state index contributed by atoms with van der Waals surface area (Å²) in [4.78, 5) is 22.3. The first-order valence-corrected chi connectivity index (χ1v) is 9.78. The number of ether oxygens (including phenoxy) is 1. The van der Waals surface area contributed by atoms with Crippen molar-refractivity contribution in [2.45, 2.75) is 19.1 Å². The second kappa shape index (κ2) is 7.38. The maximum atomic E-state index is 13.3. The first-order valence-electron chi connectivity index (χ1n) is 9.78. The van der Waals surface area contributed by atoms with Crippen LogP contribution in [0.5, 0.6) is 0 Å². The Bertz CT molecular complexity index is 1240. The molecule has 0 amide bonds. The van der Waals surface area contributed by atoms with Gasteiger partial charge in [-0.05, 0) is 36.8 Å². The van der Waals surface area contributed by atoms with Gasteiger partial charge in [-0.2, -0.15) is 10.1 Å². The highest BCUT2D eigenvalue weighted by atomic mass is 19.1. The molecule has 3 heterocycles. The van der Waals surface area contributed by atoms with Crippen molar-refractivity contribution >= 4 is 17.0 Å². The largest absolute Gasteiger partial charge is 0.367 e. The standard InChI is InChI=1S/C22H20FN5O2/c1-14-12-27(13-19(30-14)15-7-9-16(23)10-8-15)22-25-20-18(21(29)26-22)11-24-28(20)17-5-3-2-4-6-17/h2-11,14,19H,12-13H2,1H3,(H,25,26,29)/t14-,19-/m1/s1. The summed E-state index contributed by atoms with van der Waals surface area (Å²) in [5, 5.41) is 4.78. The van der Waals surface area contributed by atoms with Crippen LogP contribution in [-0.4, -0.2) is 38.9 Å². The topological polar surface area (TPSA) is 76.0 Å². The average Bonchev–Trinajstić information content (AvgIpc) is 3.19. The highest BCUT2D eigenvalue weighted by Gasteiger charge is 2.28. The minimum Gasteiger partial charge on any atom is -0.367 e. The van der Waals surface area contributed by atoms with Crippen LogP contribution >= 0.6 is 0 Å². The number of hydrogen-bond acceptors (Lipinski definition) is 5. The molecule has 1 fully saturated rings. The number of nitrogens with one attached hydrogen (secondary N) is 1. The minimum atomic E-state index is -0.287. The lowest BCUT2D eigenvalue weighted by molar-refractivity contribution is -0.0178. The third-order valence-electron chi connectivity index (χ3n) is 5.23. The fourth-order valence-corrected chi connectivity index (χ4v) is 3.80. The smallest absolute Gasteiger partial charge is 0.263 e. The van der Waals surface area contributed by atoms with Gasteiger partial charge in [0.15, 0.2) is 5.65 Å². The van der Waals surface area contributed by atoms with Crippen LogP contribution in [0.25, 0.3) is 16.7 Å². The van der Waals surface area contributed by atoms with Gasteiger partial charge >= 0.3 is 0 Å². The molecule has 1 aliphatic heterocycles. The van der Waals surface area contributed by atoms with Crippen LogP contribution in [0, 0.1) is 5.82 Å². The van der Waals surface area contributed by atoms with Gasteiger partial charge in [-0.25, -0.2) is 9.07 Å². The number of aromatic nitrogens is 4. The second-order valence-electron chi connectivity index (χ2n) is 7.41. The van der Waals surface area contributed by atoms with Crippen molar-refractivity contribution in [3.8, 4) is 5.69 Å². The highest BCUT2D eigenvalue weighted by Crippen LogP contribution is 2.27. The zero-order chi connectivity index (χ0) is 20.7. The van der Waals surface area contributed by atoms with Gasteiger partial charge in [-0.1, -0.05) is 30.3 Å². The maximum Gasteiger partial charge on any atom is 0.263 e. The summed E-state index contributed by atoms with van der Waals surface area (Å²) < 4.78 is 21.0. The maximum absolute atomic E-state index is 13.3. The van der Waals surface area contributed by atoms with Crippen LogP contribution in [0.4, 0.5) is 10.3 Å². The number of morpholine rings is 1. The summed E-state index contributed by atoms with van der Waals surface area (Å²) in [6, 6.07) is 15.9. The summed E-state index contributed by atoms with van der Waals surface area (Å²) in [7, 11) is 0. The molecule has 0 radical (unpaired) electrons. The molecular weight excluding hydrogens is 385 g/mol. The molecule has 0 aliphatic carbocycles. The number of H-pyrrole nitrogens is 1. The summed E-state index contributed by atoms with van der Waals surface area (Å²) in [6.07, 6.45) is 1.18. The summed E-state index contributed by atoms with van der Waals surface area (Å²) in [5.41, 5.74) is 1.97. The van der Waals surface area contributed by atoms with E-state index < -0.39 is 0 Å². The molecular formula is C22H20FN5O2. The Morgan fingerprint density at radius 2 is 1.87 bits per heavy atom. The van der Waals surface area contributed by atoms with Gasteiger partial charge in [0.2, 0.25) is 5.95 Å². The first kappa shape index (κ1) is 18.5. The monoisotopic (exact) mass is 405 g/mol. The zero-order valence-corrected chi connectivity index (χ0v) is 16.3. The van der Waals surface area contributed by atoms with E-state index in [0.717, 1.165) is 11.3 Å². The van der Waals surface area contributed by atoms with E-state index in [2.05, 4.69) is 10.1 Å². The van der Waals surface area contributed by atoms with Crippen LogP contribution < -0.4 is 10.5 Å². The Morgan fingerprint density at radius 1 is 1.10 bits per heavy atom. The van der Waals surface area contributed by atoms with Crippen molar-refractivity contribution in [3.05, 3.63) is 82.5 Å². The molecule has 0 saturated carbocycles. The molecule has 152 valence electrons. The lowest BCUT2D eigenvalue weighted by Gasteiger charge is -2.37. The molecule has 2 aromatic heterocycles. The average molecular weight is 405 g/mol. The van der Waals surface area contributed by atoms with Gasteiger partial charge in [-0.3, -0.25) is 9.78 Å². The number of para-hydroxylation sites is 1. The number of anilines is 1. The Hall–Kier alpha value is -3.52. The molecule has 0 bridgehead atoms. The van der Waals surface area contributed by atoms with Crippen molar-refractivity contribution in [1.82, 2.24) is 19.7 Å². The number of aromatic amines is 1. The number of hydrogen-bond donors (Lipinski definition) is 1. The van der Waals surface area contributed by atoms with E-state index in [1.54, 1.807) is 16.8 Å². The van der Waals surface area contributed by atoms with Gasteiger partial charge in [0.25, 0.3) is 5.56 Å². The molecule has 30 heavy (non-hydrogen) atoms. The van der Waals surface area contributed by atoms with E-state index in [1.807, 2.05) is 42.2 Å². The Balaban J connectivity index is 1.53. The van der Waals surface area contributed by atoms with Gasteiger partial charge in [0.05, 0.1) is 24.5 Å². The number of rotatable bonds is 3. The summed E-state index contributed by atoms with van der Waals surface area (Å²) in [5.74, 6) is 0.178. The van der Waals surface area contributed by atoms with Crippen molar-refractivity contribution in [2.24, 2.45) is 0 Å². The van der Waals surface area contributed by atoms with Crippen LogP contribution in [-0.2, 0) is 4.74 Å². The van der Waals surface area contributed by atoms with Crippen molar-refractivity contribution < 1.29 is 9.13 Å². The molecule has 1 N–H and O–H groups in total. The quantitative estimate of drug-likeness (QED) is 0.566. The molecule has 1 saturated heterocycles. The van der Waals surface area contributed by atoms with Crippen LogP contribution in [0.1, 0.15) is 18.6 Å². The van der Waals surface area contributed by atoms with Gasteiger partial charge in [0, 0.05) is 6.54 Å². The fourth-order valence-electron chi connectivity index (χ4n) is 3.80. The third kappa shape index (κ3) is 3.35. The van der Waals surface area contributed by atoms with Crippen LogP contribution in [0.15, 0.2) is 65.6 Å². The number of fused-ring (bicyclic) bond motifs is 1. The van der Waals surface area contributed by atoms with E-state index in [1.165, 1.54) is 18.3 Å². The third-order valence-corrected chi connectivity index (χ3v) is 5.23. The van der Waals surface area contributed by atoms with Crippen molar-refractivity contribution in [1.29, 1.82) is 0 Å². The summed E-state index contributed by atoms with van der Waals surface area (Å²) in [6.45, 7) is 3.03. The van der Waals surface area contributed by atoms with Gasteiger partial charge in [0.1, 0.15) is 17.3 Å². The van der Waals surface area contributed by atoms with Gasteiger partial charge in [-0.15, -0.1) is 0 Å². The lowest BCUT2D eigenvalue weighted by atomic mass is 10.1. The molecule has 4 aromatic rings. The predicted octanol–water partition coefficient (Wildman–Crippen LogP) is 3.21. The van der Waals surface area contributed by atoms with Crippen molar-refractivity contribution in [3.63, 3.8) is 0 Å². The van der Waals surface area contributed by atoms with E-state index in [4.69, 9.17) is 9.72 Å². The van der Waals surface area contributed by atoms with E-state index in [-0.39, 0.29) is 23.6 Å². The minimum absolute atomic E-state index is 0.0890. The molecule has 0 unspecified atom stereocenters. The van der Waals surface area contributed by atoms with Gasteiger partial charge < -0.3 is 9.64 Å². The Morgan fingerprint density at radius 3 is 2.63 bits per heavy atom. The normalized spacial score (nSPS) is 19.3. The Labute approximate surface area is 171 Å². The molecule has 0 spiro atoms. The number of nitrogens with zero attached hydrogens (tertiary/aromatic N) is 4. The first-order chi connectivity index (χ1) is 14.6. The molecule has 1 aliphatic rings. The predicted molar refractivity (Wildman–Crippen MR) is 111 cm³/mol. The second-order valence-corrected chi connectivity index (χ2v) is 7.41. The highest BCUT2D eigenvalue weighted by molar-refractivity contribution is 5.76. The number of halogens is 1. The van der Waals surface area contributed by atoms with E-state index >= 15 is 0 Å². The van der Waals surface area contributed by atoms with E-state index in [9.17, 15) is 9.18 Å². The van der Waals surface area contributed by atoms with Crippen LogP contribution in [0.2, 0.25) is 0 Å². The molecule has 5 rings (SSSR count). The Kier molecular flexibility index (Phi) is 4.55. The van der Waals surface area contributed by atoms with Crippen LogP contribution in [0.3, 0.4) is 0 Å². The number of benzene rings is 2.